The van der Waals surface area contributed by atoms with Gasteiger partial charge in [-0.3, -0.25) is 4.90 Å². The molecule has 0 aliphatic carbocycles. The average Bonchev–Trinajstić information content (AvgIpc) is 2.76. The summed E-state index contributed by atoms with van der Waals surface area (Å²) in [5, 5.41) is 10.0. The summed E-state index contributed by atoms with van der Waals surface area (Å²) in [4.78, 5) is 0.964. The Bertz CT molecular complexity index is 965. The van der Waals surface area contributed by atoms with Gasteiger partial charge >= 0.3 is 18.3 Å². The maximum absolute atomic E-state index is 14.0. The Morgan fingerprint density at radius 1 is 0.971 bits per heavy atom. The average molecular weight is 534 g/mol. The molecule has 196 valence electrons. The van der Waals surface area contributed by atoms with E-state index in [-0.39, 0.29) is 19.6 Å². The minimum Gasteiger partial charge on any atom is -0.494 e. The summed E-state index contributed by atoms with van der Waals surface area (Å²) in [6.07, 6.45) is -13.0. The smallest absolute Gasteiger partial charge is 0.458 e. The summed E-state index contributed by atoms with van der Waals surface area (Å²) in [7, 11) is 0. The Hall–Kier alpha value is -2.11. The zero-order valence-electron chi connectivity index (χ0n) is 18.6. The van der Waals surface area contributed by atoms with Crippen LogP contribution in [0.5, 0.6) is 5.75 Å². The van der Waals surface area contributed by atoms with E-state index in [4.69, 9.17) is 16.3 Å². The van der Waals surface area contributed by atoms with Crippen LogP contribution in [0.2, 0.25) is 5.02 Å². The van der Waals surface area contributed by atoms with E-state index < -0.39 is 48.6 Å². The Kier molecular flexibility index (Phi) is 9.78. The molecule has 12 heteroatoms. The molecule has 1 N–H and O–H groups in total. The highest BCUT2D eigenvalue weighted by Gasteiger charge is 2.59. The van der Waals surface area contributed by atoms with Crippen LogP contribution in [0.4, 0.5) is 35.1 Å². The van der Waals surface area contributed by atoms with Crippen molar-refractivity contribution < 1.29 is 45.0 Å². The van der Waals surface area contributed by atoms with Gasteiger partial charge in [0, 0.05) is 30.2 Å². The number of aliphatic hydroxyl groups excluding tert-OH is 1. The predicted octanol–water partition coefficient (Wildman–Crippen LogP) is 6.75. The van der Waals surface area contributed by atoms with Gasteiger partial charge in [0.1, 0.15) is 5.75 Å². The molecule has 0 saturated carbocycles. The molecule has 0 amide bonds. The van der Waals surface area contributed by atoms with Crippen LogP contribution in [-0.2, 0) is 18.9 Å². The van der Waals surface area contributed by atoms with Crippen LogP contribution in [0.15, 0.2) is 42.5 Å². The van der Waals surface area contributed by atoms with Crippen molar-refractivity contribution in [1.82, 2.24) is 4.90 Å². The van der Waals surface area contributed by atoms with E-state index >= 15 is 0 Å². The molecular formula is C23H24ClF8NO2. The topological polar surface area (TPSA) is 32.7 Å². The number of alkyl halides is 8. The molecule has 35 heavy (non-hydrogen) atoms. The van der Waals surface area contributed by atoms with Gasteiger partial charge in [-0.1, -0.05) is 42.8 Å². The third kappa shape index (κ3) is 7.94. The summed E-state index contributed by atoms with van der Waals surface area (Å²) >= 11 is 6.03. The minimum atomic E-state index is -5.89. The fourth-order valence-electron chi connectivity index (χ4n) is 3.33. The zero-order chi connectivity index (χ0) is 26.4. The first kappa shape index (κ1) is 29.1. The van der Waals surface area contributed by atoms with Gasteiger partial charge in [0.2, 0.25) is 0 Å². The number of aliphatic hydroxyl groups is 1. The Morgan fingerprint density at radius 3 is 2.23 bits per heavy atom. The molecule has 0 aliphatic rings. The highest BCUT2D eigenvalue weighted by molar-refractivity contribution is 6.31. The molecule has 3 nitrogen and oxygen atoms in total. The Balaban J connectivity index is 2.16. The summed E-state index contributed by atoms with van der Waals surface area (Å²) in [5.74, 6) is -4.74. The van der Waals surface area contributed by atoms with Crippen molar-refractivity contribution in [3.8, 4) is 5.75 Å². The summed E-state index contributed by atoms with van der Waals surface area (Å²) in [5.41, 5.74) is -1.04. The minimum absolute atomic E-state index is 0.0176. The van der Waals surface area contributed by atoms with Crippen molar-refractivity contribution in [1.29, 1.82) is 0 Å². The van der Waals surface area contributed by atoms with Crippen molar-refractivity contribution in [2.45, 2.75) is 50.7 Å². The van der Waals surface area contributed by atoms with Crippen molar-refractivity contribution in [3.63, 3.8) is 0 Å². The Morgan fingerprint density at radius 2 is 1.63 bits per heavy atom. The van der Waals surface area contributed by atoms with Crippen LogP contribution in [0.1, 0.15) is 30.0 Å². The van der Waals surface area contributed by atoms with Crippen LogP contribution in [-0.4, -0.2) is 48.2 Å². The van der Waals surface area contributed by atoms with Crippen molar-refractivity contribution in [3.05, 3.63) is 64.2 Å². The highest BCUT2D eigenvalue weighted by Crippen LogP contribution is 2.45. The summed E-state index contributed by atoms with van der Waals surface area (Å²) < 4.78 is 111. The molecule has 2 aromatic rings. The van der Waals surface area contributed by atoms with Gasteiger partial charge in [0.05, 0.1) is 6.61 Å². The number of rotatable bonds is 11. The van der Waals surface area contributed by atoms with Gasteiger partial charge in [0.25, 0.3) is 0 Å². The first-order chi connectivity index (χ1) is 16.2. The van der Waals surface area contributed by atoms with E-state index in [1.54, 1.807) is 18.2 Å². The first-order valence-corrected chi connectivity index (χ1v) is 11.0. The lowest BCUT2D eigenvalue weighted by molar-refractivity contribution is -0.289. The van der Waals surface area contributed by atoms with Gasteiger partial charge in [-0.25, -0.2) is 0 Å². The predicted molar refractivity (Wildman–Crippen MR) is 115 cm³/mol. The molecule has 0 spiro atoms. The standard InChI is InChI=1S/C23H24ClF8NO2/c1-2-15-12-17(8-9-19(15)24)35-11-5-10-33(14-20(34)22(27,28)29)13-16-6-3-4-7-18(16)21(25,26)23(30,31)32/h3-4,6-9,12,20,34H,2,5,10-11,13-14H2,1H3. The molecule has 0 saturated heterocycles. The molecular weight excluding hydrogens is 510 g/mol. The molecule has 0 aromatic heterocycles. The number of hydrogen-bond donors (Lipinski definition) is 1. The van der Waals surface area contributed by atoms with E-state index in [0.717, 1.165) is 22.6 Å². The van der Waals surface area contributed by atoms with E-state index in [9.17, 15) is 40.2 Å². The van der Waals surface area contributed by atoms with Crippen LogP contribution in [0.25, 0.3) is 0 Å². The fraction of sp³-hybridized carbons (Fsp3) is 0.478. The quantitative estimate of drug-likeness (QED) is 0.256. The number of aryl methyl sites for hydroxylation is 1. The van der Waals surface area contributed by atoms with E-state index in [1.807, 2.05) is 6.92 Å². The maximum Gasteiger partial charge on any atom is 0.458 e. The number of halogens is 9. The first-order valence-electron chi connectivity index (χ1n) is 10.6. The van der Waals surface area contributed by atoms with Crippen LogP contribution < -0.4 is 4.74 Å². The largest absolute Gasteiger partial charge is 0.494 e. The number of hydrogen-bond acceptors (Lipinski definition) is 3. The molecule has 0 heterocycles. The van der Waals surface area contributed by atoms with Gasteiger partial charge in [0.15, 0.2) is 6.10 Å². The second-order valence-electron chi connectivity index (χ2n) is 7.83. The fourth-order valence-corrected chi connectivity index (χ4v) is 3.58. The Labute approximate surface area is 202 Å². The number of nitrogens with zero attached hydrogens (tertiary/aromatic N) is 1. The zero-order valence-corrected chi connectivity index (χ0v) is 19.3. The third-order valence-corrected chi connectivity index (χ3v) is 5.57. The number of ether oxygens (including phenoxy) is 1. The second kappa shape index (κ2) is 11.7. The van der Waals surface area contributed by atoms with Crippen LogP contribution >= 0.6 is 11.6 Å². The lowest BCUT2D eigenvalue weighted by Crippen LogP contribution is -2.42. The summed E-state index contributed by atoms with van der Waals surface area (Å²) in [6, 6.07) is 8.68. The lowest BCUT2D eigenvalue weighted by atomic mass is 10.0. The monoisotopic (exact) mass is 533 g/mol. The van der Waals surface area contributed by atoms with E-state index in [2.05, 4.69) is 0 Å². The van der Waals surface area contributed by atoms with Crippen molar-refractivity contribution in [2.75, 3.05) is 19.7 Å². The highest BCUT2D eigenvalue weighted by atomic mass is 35.5. The molecule has 2 aromatic carbocycles. The number of benzene rings is 2. The molecule has 0 aliphatic heterocycles. The maximum atomic E-state index is 14.0. The van der Waals surface area contributed by atoms with E-state index in [0.29, 0.717) is 23.3 Å². The molecule has 1 atom stereocenters. The molecule has 1 unspecified atom stereocenters. The molecule has 0 radical (unpaired) electrons. The molecule has 0 fully saturated rings. The van der Waals surface area contributed by atoms with E-state index in [1.165, 1.54) is 6.07 Å². The van der Waals surface area contributed by atoms with Gasteiger partial charge in [-0.15, -0.1) is 0 Å². The van der Waals surface area contributed by atoms with Crippen LogP contribution in [0, 0.1) is 0 Å². The normalized spacial score (nSPS) is 13.8. The van der Waals surface area contributed by atoms with Gasteiger partial charge in [-0.05, 0) is 42.2 Å². The second-order valence-corrected chi connectivity index (χ2v) is 8.24. The van der Waals surface area contributed by atoms with Crippen molar-refractivity contribution >= 4 is 11.6 Å². The SMILES string of the molecule is CCc1cc(OCCCN(Cc2ccccc2C(F)(F)C(F)(F)F)CC(O)C(F)(F)F)ccc1Cl. The summed E-state index contributed by atoms with van der Waals surface area (Å²) in [6.45, 7) is 0.0400. The molecule has 0 bridgehead atoms. The third-order valence-electron chi connectivity index (χ3n) is 5.20. The van der Waals surface area contributed by atoms with Crippen molar-refractivity contribution in [2.24, 2.45) is 0 Å². The van der Waals surface area contributed by atoms with Gasteiger partial charge < -0.3 is 9.84 Å². The van der Waals surface area contributed by atoms with Crippen LogP contribution in [0.3, 0.4) is 0 Å². The van der Waals surface area contributed by atoms with Gasteiger partial charge in [-0.2, -0.15) is 35.1 Å². The lowest BCUT2D eigenvalue weighted by Gasteiger charge is -2.29. The molecule has 2 rings (SSSR count).